The van der Waals surface area contributed by atoms with Crippen molar-refractivity contribution < 1.29 is 0 Å². The van der Waals surface area contributed by atoms with Crippen molar-refractivity contribution in [3.8, 4) is 0 Å². The highest BCUT2D eigenvalue weighted by Gasteiger charge is 2.06. The largest absolute Gasteiger partial charge is 0.352 e. The molecule has 0 saturated heterocycles. The van der Waals surface area contributed by atoms with E-state index in [2.05, 4.69) is 5.18 Å². The number of aromatic nitrogens is 1. The third-order valence-electron chi connectivity index (χ3n) is 1.57. The molecule has 0 aromatic carbocycles. The van der Waals surface area contributed by atoms with Crippen molar-refractivity contribution in [1.29, 1.82) is 0 Å². The monoisotopic (exact) mass is 138 g/mol. The van der Waals surface area contributed by atoms with Crippen LogP contribution in [0.5, 0.6) is 0 Å². The van der Waals surface area contributed by atoms with E-state index in [0.29, 0.717) is 0 Å². The molecule has 1 unspecified atom stereocenters. The van der Waals surface area contributed by atoms with Gasteiger partial charge < -0.3 is 4.57 Å². The minimum absolute atomic E-state index is 0.236. The molecule has 0 saturated carbocycles. The minimum Gasteiger partial charge on any atom is -0.352 e. The van der Waals surface area contributed by atoms with Gasteiger partial charge in [0.2, 0.25) is 0 Å². The molecular weight excluding hydrogens is 128 g/mol. The Balaban J connectivity index is 2.92. The van der Waals surface area contributed by atoms with E-state index in [9.17, 15) is 4.91 Å². The molecule has 1 aromatic rings. The summed E-state index contributed by atoms with van der Waals surface area (Å²) in [5.74, 6) is 0. The van der Waals surface area contributed by atoms with Crippen molar-refractivity contribution in [2.45, 2.75) is 13.0 Å². The lowest BCUT2D eigenvalue weighted by atomic mass is 10.2. The Hall–Kier alpha value is -1.12. The van der Waals surface area contributed by atoms with Gasteiger partial charge in [-0.2, -0.15) is 4.91 Å². The summed E-state index contributed by atoms with van der Waals surface area (Å²) in [7, 11) is 1.90. The van der Waals surface area contributed by atoms with Gasteiger partial charge in [-0.1, -0.05) is 5.18 Å². The Kier molecular flexibility index (Phi) is 1.85. The topological polar surface area (TPSA) is 34.4 Å². The second kappa shape index (κ2) is 2.64. The maximum absolute atomic E-state index is 10.1. The highest BCUT2D eigenvalue weighted by atomic mass is 16.3. The van der Waals surface area contributed by atoms with Crippen LogP contribution in [0.2, 0.25) is 0 Å². The number of hydrogen-bond acceptors (Lipinski definition) is 2. The first kappa shape index (κ1) is 6.99. The first-order chi connectivity index (χ1) is 4.75. The van der Waals surface area contributed by atoms with Gasteiger partial charge in [0.25, 0.3) is 0 Å². The molecule has 1 rings (SSSR count). The van der Waals surface area contributed by atoms with Crippen LogP contribution in [0.4, 0.5) is 0 Å². The number of nitroso groups, excluding NO2 is 1. The molecule has 0 N–H and O–H groups in total. The molecule has 0 aliphatic heterocycles. The summed E-state index contributed by atoms with van der Waals surface area (Å²) in [5.41, 5.74) is 0.954. The first-order valence-electron chi connectivity index (χ1n) is 3.19. The molecule has 10 heavy (non-hydrogen) atoms. The zero-order valence-electron chi connectivity index (χ0n) is 6.11. The van der Waals surface area contributed by atoms with Gasteiger partial charge in [0, 0.05) is 18.9 Å². The van der Waals surface area contributed by atoms with Gasteiger partial charge in [-0.05, 0) is 19.1 Å². The smallest absolute Gasteiger partial charge is 0.129 e. The van der Waals surface area contributed by atoms with Crippen molar-refractivity contribution in [3.63, 3.8) is 0 Å². The van der Waals surface area contributed by atoms with Crippen LogP contribution in [0.25, 0.3) is 0 Å². The lowest BCUT2D eigenvalue weighted by Crippen LogP contribution is -1.96. The van der Waals surface area contributed by atoms with E-state index in [1.165, 1.54) is 0 Å². The first-order valence-corrected chi connectivity index (χ1v) is 3.19. The normalized spacial score (nSPS) is 13.0. The molecule has 0 spiro atoms. The van der Waals surface area contributed by atoms with E-state index in [-0.39, 0.29) is 6.04 Å². The molecule has 0 fully saturated rings. The fourth-order valence-corrected chi connectivity index (χ4v) is 0.962. The average molecular weight is 138 g/mol. The van der Waals surface area contributed by atoms with Crippen LogP contribution in [-0.4, -0.2) is 4.57 Å². The zero-order valence-corrected chi connectivity index (χ0v) is 6.11. The molecule has 3 nitrogen and oxygen atoms in total. The van der Waals surface area contributed by atoms with Crippen LogP contribution < -0.4 is 0 Å². The fourth-order valence-electron chi connectivity index (χ4n) is 0.962. The number of aryl methyl sites for hydroxylation is 1. The van der Waals surface area contributed by atoms with Crippen LogP contribution in [0, 0.1) is 4.91 Å². The van der Waals surface area contributed by atoms with Crippen LogP contribution in [0.3, 0.4) is 0 Å². The van der Waals surface area contributed by atoms with E-state index >= 15 is 0 Å². The van der Waals surface area contributed by atoms with Crippen LogP contribution >= 0.6 is 0 Å². The summed E-state index contributed by atoms with van der Waals surface area (Å²) in [5, 5.41) is 2.92. The van der Waals surface area contributed by atoms with Crippen molar-refractivity contribution in [3.05, 3.63) is 28.9 Å². The molecule has 0 radical (unpaired) electrons. The number of hydrogen-bond donors (Lipinski definition) is 0. The van der Waals surface area contributed by atoms with E-state index in [1.54, 1.807) is 6.92 Å². The van der Waals surface area contributed by atoms with E-state index in [1.807, 2.05) is 29.9 Å². The van der Waals surface area contributed by atoms with Gasteiger partial charge in [-0.25, -0.2) is 0 Å². The van der Waals surface area contributed by atoms with Crippen LogP contribution in [0.15, 0.2) is 23.5 Å². The van der Waals surface area contributed by atoms with Gasteiger partial charge >= 0.3 is 0 Å². The van der Waals surface area contributed by atoms with E-state index in [4.69, 9.17) is 0 Å². The Morgan fingerprint density at radius 1 is 1.70 bits per heavy atom. The number of nitrogens with zero attached hydrogens (tertiary/aromatic N) is 2. The molecule has 54 valence electrons. The number of rotatable bonds is 2. The Morgan fingerprint density at radius 2 is 2.40 bits per heavy atom. The molecule has 0 amide bonds. The molecule has 3 heteroatoms. The molecule has 1 heterocycles. The van der Waals surface area contributed by atoms with Crippen molar-refractivity contribution in [2.24, 2.45) is 12.2 Å². The van der Waals surface area contributed by atoms with Crippen molar-refractivity contribution in [2.75, 3.05) is 0 Å². The van der Waals surface area contributed by atoms with Gasteiger partial charge in [-0.15, -0.1) is 0 Å². The lowest BCUT2D eigenvalue weighted by molar-refractivity contribution is 0.712. The Bertz CT molecular complexity index is 229. The van der Waals surface area contributed by atoms with Crippen LogP contribution in [0.1, 0.15) is 18.7 Å². The summed E-state index contributed by atoms with van der Waals surface area (Å²) in [6, 6.07) is 3.56. The molecule has 0 aliphatic rings. The Morgan fingerprint density at radius 3 is 2.80 bits per heavy atom. The second-order valence-corrected chi connectivity index (χ2v) is 2.33. The standard InChI is InChI=1S/C7H10N2O/c1-6(8-10)7-4-3-5-9(7)2/h3-6H,1-2H3. The van der Waals surface area contributed by atoms with Crippen molar-refractivity contribution >= 4 is 0 Å². The van der Waals surface area contributed by atoms with E-state index in [0.717, 1.165) is 5.69 Å². The summed E-state index contributed by atoms with van der Waals surface area (Å²) in [4.78, 5) is 10.1. The van der Waals surface area contributed by atoms with E-state index < -0.39 is 0 Å². The minimum atomic E-state index is -0.236. The predicted octanol–water partition coefficient (Wildman–Crippen LogP) is 1.85. The summed E-state index contributed by atoms with van der Waals surface area (Å²) >= 11 is 0. The van der Waals surface area contributed by atoms with Gasteiger partial charge in [0.15, 0.2) is 0 Å². The second-order valence-electron chi connectivity index (χ2n) is 2.33. The van der Waals surface area contributed by atoms with Gasteiger partial charge in [0.05, 0.1) is 0 Å². The summed E-state index contributed by atoms with van der Waals surface area (Å²) in [6.07, 6.45) is 1.90. The summed E-state index contributed by atoms with van der Waals surface area (Å²) < 4.78 is 1.89. The fraction of sp³-hybridized carbons (Fsp3) is 0.429. The molecular formula is C7H10N2O. The van der Waals surface area contributed by atoms with Gasteiger partial charge in [-0.3, -0.25) is 0 Å². The quantitative estimate of drug-likeness (QED) is 0.574. The highest BCUT2D eigenvalue weighted by Crippen LogP contribution is 2.14. The molecule has 0 bridgehead atoms. The zero-order chi connectivity index (χ0) is 7.56. The molecule has 0 aliphatic carbocycles. The third kappa shape index (κ3) is 1.07. The predicted molar refractivity (Wildman–Crippen MR) is 39.6 cm³/mol. The Labute approximate surface area is 59.6 Å². The lowest BCUT2D eigenvalue weighted by Gasteiger charge is -2.02. The average Bonchev–Trinajstić information content (AvgIpc) is 2.34. The van der Waals surface area contributed by atoms with Gasteiger partial charge in [0.1, 0.15) is 6.04 Å². The molecule has 1 atom stereocenters. The molecule has 1 aromatic heterocycles. The summed E-state index contributed by atoms with van der Waals surface area (Å²) in [6.45, 7) is 1.78. The van der Waals surface area contributed by atoms with Crippen molar-refractivity contribution in [1.82, 2.24) is 4.57 Å². The maximum atomic E-state index is 10.1. The third-order valence-corrected chi connectivity index (χ3v) is 1.57. The van der Waals surface area contributed by atoms with Crippen LogP contribution in [-0.2, 0) is 7.05 Å². The maximum Gasteiger partial charge on any atom is 0.129 e. The SMILES string of the molecule is CC(N=O)c1cccn1C. The highest BCUT2D eigenvalue weighted by molar-refractivity contribution is 5.10.